The maximum Gasteiger partial charge on any atom is 0.269 e. The average Bonchev–Trinajstić information content (AvgIpc) is 3.47. The molecule has 0 radical (unpaired) electrons. The van der Waals surface area contributed by atoms with Crippen LogP contribution in [0.3, 0.4) is 0 Å². The van der Waals surface area contributed by atoms with Crippen molar-refractivity contribution in [2.24, 2.45) is 5.92 Å². The van der Waals surface area contributed by atoms with Gasteiger partial charge in [0, 0.05) is 49.0 Å². The number of non-ortho nitro benzene ring substituents is 1. The molecule has 4 atom stereocenters. The van der Waals surface area contributed by atoms with E-state index in [9.17, 15) is 24.8 Å². The summed E-state index contributed by atoms with van der Waals surface area (Å²) in [5.74, 6) is 0.107. The molecular formula is C34H40N4O7Si. The number of fused-ring (bicyclic) bond motifs is 2. The van der Waals surface area contributed by atoms with E-state index in [-0.39, 0.29) is 48.7 Å². The Morgan fingerprint density at radius 2 is 1.89 bits per heavy atom. The number of methoxy groups -OCH3 is 1. The molecule has 2 N–H and O–H groups in total. The summed E-state index contributed by atoms with van der Waals surface area (Å²) >= 11 is 0. The monoisotopic (exact) mass is 644 g/mol. The normalized spacial score (nSPS) is 24.5. The van der Waals surface area contributed by atoms with Crippen molar-refractivity contribution in [2.75, 3.05) is 43.2 Å². The SMILES string of the molecule is COc1ccc([Si](C)(C)[C@H]2[C@H](CCO)O[C@@]3(C(=O)N(Cc4cccc(N5CCNCC5=O)c4)c4ccc([N+](=O)[O-])cc43)[C@@H]2C)cc1. The highest BCUT2D eigenvalue weighted by Gasteiger charge is 2.66. The zero-order valence-electron chi connectivity index (χ0n) is 26.6. The lowest BCUT2D eigenvalue weighted by Crippen LogP contribution is -2.51. The highest BCUT2D eigenvalue weighted by molar-refractivity contribution is 6.91. The van der Waals surface area contributed by atoms with Gasteiger partial charge in [0.1, 0.15) is 5.75 Å². The van der Waals surface area contributed by atoms with Crippen LogP contribution >= 0.6 is 0 Å². The molecule has 1 spiro atoms. The highest BCUT2D eigenvalue weighted by atomic mass is 28.3. The van der Waals surface area contributed by atoms with Gasteiger partial charge in [0.2, 0.25) is 5.91 Å². The van der Waals surface area contributed by atoms with Crippen LogP contribution in [-0.4, -0.2) is 69.4 Å². The summed E-state index contributed by atoms with van der Waals surface area (Å²) in [6.07, 6.45) is -0.108. The number of nitrogens with one attached hydrogen (secondary N) is 1. The van der Waals surface area contributed by atoms with Gasteiger partial charge in [-0.1, -0.05) is 49.5 Å². The van der Waals surface area contributed by atoms with Gasteiger partial charge < -0.3 is 29.7 Å². The summed E-state index contributed by atoms with van der Waals surface area (Å²) in [6.45, 7) is 8.10. The second-order valence-corrected chi connectivity index (χ2v) is 17.6. The fourth-order valence-electron chi connectivity index (χ4n) is 7.85. The molecule has 2 saturated heterocycles. The molecule has 6 rings (SSSR count). The molecule has 242 valence electrons. The Balaban J connectivity index is 1.42. The van der Waals surface area contributed by atoms with E-state index in [4.69, 9.17) is 9.47 Å². The predicted molar refractivity (Wildman–Crippen MR) is 177 cm³/mol. The van der Waals surface area contributed by atoms with Gasteiger partial charge in [0.25, 0.3) is 11.6 Å². The van der Waals surface area contributed by atoms with E-state index in [1.807, 2.05) is 43.3 Å². The number of hydrogen-bond acceptors (Lipinski definition) is 8. The third-order valence-corrected chi connectivity index (χ3v) is 14.5. The number of aliphatic hydroxyl groups excluding tert-OH is 1. The number of nitro benzene ring substituents is 1. The number of anilines is 2. The molecule has 12 heteroatoms. The molecule has 0 aliphatic carbocycles. The van der Waals surface area contributed by atoms with Crippen molar-refractivity contribution in [3.05, 3.63) is 88.0 Å². The Kier molecular flexibility index (Phi) is 8.49. The molecule has 2 fully saturated rings. The summed E-state index contributed by atoms with van der Waals surface area (Å²) in [5, 5.41) is 26.4. The molecule has 0 aromatic heterocycles. The zero-order valence-corrected chi connectivity index (χ0v) is 27.6. The minimum atomic E-state index is -2.39. The minimum Gasteiger partial charge on any atom is -0.497 e. The molecule has 0 saturated carbocycles. The summed E-state index contributed by atoms with van der Waals surface area (Å²) in [7, 11) is -0.768. The maximum atomic E-state index is 14.9. The maximum absolute atomic E-state index is 14.9. The highest BCUT2D eigenvalue weighted by Crippen LogP contribution is 2.60. The Labute approximate surface area is 269 Å². The molecule has 2 amide bonds. The fourth-order valence-corrected chi connectivity index (χ4v) is 11.9. The second kappa shape index (κ2) is 12.3. The topological polar surface area (TPSA) is 134 Å². The molecule has 0 unspecified atom stereocenters. The number of amides is 2. The summed E-state index contributed by atoms with van der Waals surface area (Å²) in [4.78, 5) is 42.4. The van der Waals surface area contributed by atoms with Crippen LogP contribution in [0.1, 0.15) is 24.5 Å². The first-order valence-corrected chi connectivity index (χ1v) is 18.7. The van der Waals surface area contributed by atoms with E-state index in [0.717, 1.165) is 22.2 Å². The summed E-state index contributed by atoms with van der Waals surface area (Å²) in [5.41, 5.74) is 0.962. The minimum absolute atomic E-state index is 0.0185. The van der Waals surface area contributed by atoms with Crippen LogP contribution in [0.4, 0.5) is 17.1 Å². The smallest absolute Gasteiger partial charge is 0.269 e. The first kappa shape index (κ1) is 31.9. The van der Waals surface area contributed by atoms with Gasteiger partial charge in [-0.15, -0.1) is 0 Å². The van der Waals surface area contributed by atoms with Gasteiger partial charge in [-0.05, 0) is 47.9 Å². The number of nitro groups is 1. The number of hydrogen-bond donors (Lipinski definition) is 2. The van der Waals surface area contributed by atoms with Crippen LogP contribution in [0.15, 0.2) is 66.7 Å². The van der Waals surface area contributed by atoms with E-state index in [1.54, 1.807) is 23.0 Å². The Morgan fingerprint density at radius 1 is 1.13 bits per heavy atom. The Hall–Kier alpha value is -4.10. The molecule has 3 heterocycles. The van der Waals surface area contributed by atoms with Crippen LogP contribution in [0.5, 0.6) is 5.75 Å². The van der Waals surface area contributed by atoms with Crippen LogP contribution in [-0.2, 0) is 26.5 Å². The van der Waals surface area contributed by atoms with E-state index in [1.165, 1.54) is 12.1 Å². The van der Waals surface area contributed by atoms with Gasteiger partial charge in [0.05, 0.1) is 45.0 Å². The first-order valence-electron chi connectivity index (χ1n) is 15.7. The van der Waals surface area contributed by atoms with Gasteiger partial charge in [-0.2, -0.15) is 0 Å². The standard InChI is InChI=1S/C34H40N4O7Si/c1-22-32(46(3,4)27-11-9-26(44-2)10-12-27)30(14-17-39)45-34(22)28-19-25(38(42)43)8-13-29(28)37(33(34)41)21-23-6-5-7-24(18-23)36-16-15-35-20-31(36)40/h5-13,18-19,22,30,32,35,39H,14-17,20-21H2,1-4H3/t22-,30+,32-,34+/m1/s1. The lowest BCUT2D eigenvalue weighted by atomic mass is 9.82. The largest absolute Gasteiger partial charge is 0.497 e. The molecule has 3 aromatic rings. The second-order valence-electron chi connectivity index (χ2n) is 12.9. The molecule has 3 aliphatic rings. The van der Waals surface area contributed by atoms with E-state index < -0.39 is 24.7 Å². The van der Waals surface area contributed by atoms with Gasteiger partial charge in [-0.25, -0.2) is 0 Å². The number of aliphatic hydroxyl groups is 1. The number of rotatable bonds is 9. The van der Waals surface area contributed by atoms with Crippen LogP contribution < -0.4 is 25.0 Å². The third-order valence-electron chi connectivity index (χ3n) is 10.1. The molecule has 3 aliphatic heterocycles. The lowest BCUT2D eigenvalue weighted by Gasteiger charge is -2.37. The molecule has 46 heavy (non-hydrogen) atoms. The predicted octanol–water partition coefficient (Wildman–Crippen LogP) is 3.68. The zero-order chi connectivity index (χ0) is 32.8. The van der Waals surface area contributed by atoms with Gasteiger partial charge in [0.15, 0.2) is 5.60 Å². The van der Waals surface area contributed by atoms with E-state index in [0.29, 0.717) is 30.8 Å². The van der Waals surface area contributed by atoms with Crippen LogP contribution in [0.2, 0.25) is 18.6 Å². The number of nitrogens with zero attached hydrogens (tertiary/aromatic N) is 3. The van der Waals surface area contributed by atoms with Crippen molar-refractivity contribution in [3.8, 4) is 5.75 Å². The van der Waals surface area contributed by atoms with E-state index >= 15 is 0 Å². The van der Waals surface area contributed by atoms with E-state index in [2.05, 4.69) is 30.5 Å². The number of benzene rings is 3. The Bertz CT molecular complexity index is 1670. The Morgan fingerprint density at radius 3 is 2.57 bits per heavy atom. The van der Waals surface area contributed by atoms with Crippen molar-refractivity contribution < 1.29 is 29.1 Å². The van der Waals surface area contributed by atoms with Gasteiger partial charge >= 0.3 is 0 Å². The van der Waals surface area contributed by atoms with Crippen molar-refractivity contribution in [1.29, 1.82) is 0 Å². The molecule has 3 aromatic carbocycles. The number of carbonyl (C=O) groups is 2. The van der Waals surface area contributed by atoms with Crippen LogP contribution in [0, 0.1) is 16.0 Å². The van der Waals surface area contributed by atoms with Gasteiger partial charge in [-0.3, -0.25) is 19.7 Å². The van der Waals surface area contributed by atoms with Crippen molar-refractivity contribution in [2.45, 2.75) is 50.2 Å². The quantitative estimate of drug-likeness (QED) is 0.205. The first-order chi connectivity index (χ1) is 22.0. The number of piperazine rings is 1. The van der Waals surface area contributed by atoms with Crippen molar-refractivity contribution in [3.63, 3.8) is 0 Å². The number of carbonyl (C=O) groups excluding carboxylic acids is 2. The molecule has 11 nitrogen and oxygen atoms in total. The summed E-state index contributed by atoms with van der Waals surface area (Å²) < 4.78 is 12.3. The van der Waals surface area contributed by atoms with Crippen LogP contribution in [0.25, 0.3) is 0 Å². The van der Waals surface area contributed by atoms with Crippen molar-refractivity contribution in [1.82, 2.24) is 5.32 Å². The lowest BCUT2D eigenvalue weighted by molar-refractivity contribution is -0.385. The number of ether oxygens (including phenoxy) is 2. The van der Waals surface area contributed by atoms with Crippen molar-refractivity contribution >= 4 is 42.1 Å². The fraction of sp³-hybridized carbons (Fsp3) is 0.412. The molecule has 0 bridgehead atoms. The molecular weight excluding hydrogens is 604 g/mol. The summed E-state index contributed by atoms with van der Waals surface area (Å²) in [6, 6.07) is 20.1. The third kappa shape index (κ3) is 5.19. The average molecular weight is 645 g/mol.